The zero-order valence-electron chi connectivity index (χ0n) is 15.3. The molecule has 1 heterocycles. The van der Waals surface area contributed by atoms with E-state index in [1.54, 1.807) is 12.1 Å². The second-order valence-corrected chi connectivity index (χ2v) is 6.59. The van der Waals surface area contributed by atoms with Crippen LogP contribution in [-0.2, 0) is 22.7 Å². The van der Waals surface area contributed by atoms with Crippen LogP contribution in [0.4, 0.5) is 4.79 Å². The lowest BCUT2D eigenvalue weighted by molar-refractivity contribution is -0.255. The highest BCUT2D eigenvalue weighted by Crippen LogP contribution is 2.19. The largest absolute Gasteiger partial charge is 0.545 e. The number of hydrogen-bond donors (Lipinski definition) is 1. The maximum absolute atomic E-state index is 12.5. The van der Waals surface area contributed by atoms with E-state index in [0.717, 1.165) is 17.5 Å². The molecule has 0 aliphatic carbocycles. The van der Waals surface area contributed by atoms with Crippen LogP contribution < -0.4 is 10.4 Å². The maximum Gasteiger partial charge on any atom is 0.410 e. The number of aromatic carboxylic acids is 1. The second kappa shape index (κ2) is 9.03. The molecule has 7 nitrogen and oxygen atoms in total. The molecule has 2 amide bonds. The van der Waals surface area contributed by atoms with Crippen molar-refractivity contribution in [3.8, 4) is 0 Å². The summed E-state index contributed by atoms with van der Waals surface area (Å²) in [7, 11) is 0. The van der Waals surface area contributed by atoms with E-state index >= 15 is 0 Å². The molecule has 2 aromatic rings. The van der Waals surface area contributed by atoms with E-state index in [1.807, 2.05) is 30.3 Å². The monoisotopic (exact) mass is 381 g/mol. The van der Waals surface area contributed by atoms with Crippen molar-refractivity contribution in [2.75, 3.05) is 6.54 Å². The quantitative estimate of drug-likeness (QED) is 0.817. The van der Waals surface area contributed by atoms with E-state index in [2.05, 4.69) is 5.32 Å². The Bertz CT molecular complexity index is 836. The molecule has 0 unspecified atom stereocenters. The first kappa shape index (κ1) is 19.4. The van der Waals surface area contributed by atoms with Gasteiger partial charge in [-0.3, -0.25) is 9.69 Å². The maximum atomic E-state index is 12.5. The van der Waals surface area contributed by atoms with Gasteiger partial charge in [-0.05, 0) is 29.5 Å². The fourth-order valence-electron chi connectivity index (χ4n) is 3.13. The van der Waals surface area contributed by atoms with Crippen molar-refractivity contribution in [2.45, 2.75) is 32.0 Å². The summed E-state index contributed by atoms with van der Waals surface area (Å²) in [5.74, 6) is -1.50. The van der Waals surface area contributed by atoms with E-state index in [0.29, 0.717) is 13.0 Å². The molecule has 1 atom stereocenters. The summed E-state index contributed by atoms with van der Waals surface area (Å²) in [6.07, 6.45) is 0.814. The van der Waals surface area contributed by atoms with Crippen LogP contribution in [0.2, 0.25) is 0 Å². The molecule has 3 rings (SSSR count). The molecule has 1 aliphatic rings. The molecule has 0 radical (unpaired) electrons. The summed E-state index contributed by atoms with van der Waals surface area (Å²) >= 11 is 0. The third-order valence-electron chi connectivity index (χ3n) is 4.65. The number of nitrogens with one attached hydrogen (secondary N) is 1. The van der Waals surface area contributed by atoms with Crippen molar-refractivity contribution in [3.05, 3.63) is 71.3 Å². The van der Waals surface area contributed by atoms with Gasteiger partial charge in [0.2, 0.25) is 5.91 Å². The van der Waals surface area contributed by atoms with Gasteiger partial charge in [0.25, 0.3) is 0 Å². The Morgan fingerprint density at radius 2 is 1.75 bits per heavy atom. The van der Waals surface area contributed by atoms with Crippen molar-refractivity contribution < 1.29 is 24.2 Å². The van der Waals surface area contributed by atoms with Crippen LogP contribution in [0.1, 0.15) is 34.3 Å². The molecule has 28 heavy (non-hydrogen) atoms. The SMILES string of the molecule is O=C([O-])c1ccc(CNC(=O)[C@@H]2CCCN2C(=O)OCc2ccccc2)cc1. The van der Waals surface area contributed by atoms with Crippen LogP contribution in [0.3, 0.4) is 0 Å². The van der Waals surface area contributed by atoms with Crippen molar-refractivity contribution in [3.63, 3.8) is 0 Å². The molecule has 146 valence electrons. The third kappa shape index (κ3) is 4.88. The molecule has 0 aromatic heterocycles. The van der Waals surface area contributed by atoms with Crippen LogP contribution in [-0.4, -0.2) is 35.5 Å². The van der Waals surface area contributed by atoms with Gasteiger partial charge in [-0.25, -0.2) is 4.79 Å². The van der Waals surface area contributed by atoms with Gasteiger partial charge in [0, 0.05) is 13.1 Å². The van der Waals surface area contributed by atoms with Crippen molar-refractivity contribution in [1.82, 2.24) is 10.2 Å². The molecule has 7 heteroatoms. The first-order valence-corrected chi connectivity index (χ1v) is 9.10. The average molecular weight is 381 g/mol. The molecule has 0 saturated carbocycles. The molecule has 0 bridgehead atoms. The lowest BCUT2D eigenvalue weighted by Crippen LogP contribution is -2.45. The number of carbonyl (C=O) groups is 3. The van der Waals surface area contributed by atoms with Gasteiger partial charge in [-0.1, -0.05) is 54.6 Å². The molecular formula is C21H21N2O5-. The van der Waals surface area contributed by atoms with Crippen molar-refractivity contribution in [2.24, 2.45) is 0 Å². The molecule has 1 N–H and O–H groups in total. The number of carboxylic acid groups (broad SMARTS) is 1. The number of amides is 2. The lowest BCUT2D eigenvalue weighted by atomic mass is 10.1. The average Bonchev–Trinajstić information content (AvgIpc) is 3.21. The number of hydrogen-bond acceptors (Lipinski definition) is 5. The van der Waals surface area contributed by atoms with E-state index in [1.165, 1.54) is 17.0 Å². The highest BCUT2D eigenvalue weighted by atomic mass is 16.6. The Hall–Kier alpha value is -3.35. The normalized spacial score (nSPS) is 15.9. The number of rotatable bonds is 6. The summed E-state index contributed by atoms with van der Waals surface area (Å²) < 4.78 is 5.34. The Morgan fingerprint density at radius 3 is 2.43 bits per heavy atom. The highest BCUT2D eigenvalue weighted by Gasteiger charge is 2.34. The van der Waals surface area contributed by atoms with E-state index in [-0.39, 0.29) is 24.6 Å². The van der Waals surface area contributed by atoms with E-state index in [9.17, 15) is 19.5 Å². The molecule has 1 saturated heterocycles. The van der Waals surface area contributed by atoms with E-state index in [4.69, 9.17) is 4.74 Å². The number of nitrogens with zero attached hydrogens (tertiary/aromatic N) is 1. The third-order valence-corrected chi connectivity index (χ3v) is 4.65. The molecule has 0 spiro atoms. The van der Waals surface area contributed by atoms with Gasteiger partial charge in [0.05, 0.1) is 5.97 Å². The first-order valence-electron chi connectivity index (χ1n) is 9.10. The number of likely N-dealkylation sites (tertiary alicyclic amines) is 1. The van der Waals surface area contributed by atoms with E-state index < -0.39 is 18.1 Å². The Balaban J connectivity index is 1.52. The minimum Gasteiger partial charge on any atom is -0.545 e. The number of carbonyl (C=O) groups excluding carboxylic acids is 3. The topological polar surface area (TPSA) is 98.8 Å². The fraction of sp³-hybridized carbons (Fsp3) is 0.286. The van der Waals surface area contributed by atoms with Gasteiger partial charge >= 0.3 is 6.09 Å². The second-order valence-electron chi connectivity index (χ2n) is 6.59. The predicted octanol–water partition coefficient (Wildman–Crippen LogP) is 1.47. The zero-order chi connectivity index (χ0) is 19.9. The number of carboxylic acids is 1. The van der Waals surface area contributed by atoms with Crippen LogP contribution >= 0.6 is 0 Å². The molecule has 1 fully saturated rings. The van der Waals surface area contributed by atoms with Crippen molar-refractivity contribution >= 4 is 18.0 Å². The van der Waals surface area contributed by atoms with Gasteiger partial charge in [-0.2, -0.15) is 0 Å². The summed E-state index contributed by atoms with van der Waals surface area (Å²) in [6.45, 7) is 0.886. The van der Waals surface area contributed by atoms with Crippen LogP contribution in [0.15, 0.2) is 54.6 Å². The Labute approximate surface area is 162 Å². The summed E-state index contributed by atoms with van der Waals surface area (Å²) in [4.78, 5) is 37.1. The summed E-state index contributed by atoms with van der Waals surface area (Å²) in [6, 6.07) is 14.9. The van der Waals surface area contributed by atoms with Gasteiger partial charge in [0.15, 0.2) is 0 Å². The molecular weight excluding hydrogens is 360 g/mol. The summed E-state index contributed by atoms with van der Waals surface area (Å²) in [5, 5.41) is 13.6. The minimum atomic E-state index is -1.24. The Morgan fingerprint density at radius 1 is 1.04 bits per heavy atom. The number of ether oxygens (including phenoxy) is 1. The number of benzene rings is 2. The van der Waals surface area contributed by atoms with Gasteiger partial charge < -0.3 is 20.0 Å². The van der Waals surface area contributed by atoms with Crippen molar-refractivity contribution in [1.29, 1.82) is 0 Å². The first-order chi connectivity index (χ1) is 13.5. The zero-order valence-corrected chi connectivity index (χ0v) is 15.3. The fourth-order valence-corrected chi connectivity index (χ4v) is 3.13. The predicted molar refractivity (Wildman–Crippen MR) is 99.0 cm³/mol. The van der Waals surface area contributed by atoms with Crippen LogP contribution in [0, 0.1) is 0 Å². The lowest BCUT2D eigenvalue weighted by Gasteiger charge is -2.23. The highest BCUT2D eigenvalue weighted by molar-refractivity contribution is 5.86. The van der Waals surface area contributed by atoms with Crippen LogP contribution in [0.25, 0.3) is 0 Å². The molecule has 1 aliphatic heterocycles. The summed E-state index contributed by atoms with van der Waals surface area (Å²) in [5.41, 5.74) is 1.73. The smallest absolute Gasteiger partial charge is 0.410 e. The molecule has 2 aromatic carbocycles. The Kier molecular flexibility index (Phi) is 6.26. The minimum absolute atomic E-state index is 0.0817. The van der Waals surface area contributed by atoms with Gasteiger partial charge in [0.1, 0.15) is 12.6 Å². The van der Waals surface area contributed by atoms with Crippen LogP contribution in [0.5, 0.6) is 0 Å². The standard InChI is InChI=1S/C21H22N2O5/c24-19(22-13-15-8-10-17(11-9-15)20(25)26)18-7-4-12-23(18)21(27)28-14-16-5-2-1-3-6-16/h1-3,5-6,8-11,18H,4,7,12-14H2,(H,22,24)(H,25,26)/p-1/t18-/m0/s1. The van der Waals surface area contributed by atoms with Gasteiger partial charge in [-0.15, -0.1) is 0 Å².